The number of rotatable bonds is 6. The Morgan fingerprint density at radius 2 is 2.14 bits per heavy atom. The topological polar surface area (TPSA) is 30.5 Å². The summed E-state index contributed by atoms with van der Waals surface area (Å²) in [5.41, 5.74) is 3.52. The molecule has 0 atom stereocenters. The van der Waals surface area contributed by atoms with Crippen molar-refractivity contribution in [3.8, 4) is 11.5 Å². The Kier molecular flexibility index (Phi) is 4.10. The van der Waals surface area contributed by atoms with Crippen LogP contribution in [0.3, 0.4) is 0 Å². The van der Waals surface area contributed by atoms with E-state index in [1.165, 1.54) is 5.56 Å². The minimum atomic E-state index is 0.521. The van der Waals surface area contributed by atoms with Crippen LogP contribution in [0.15, 0.2) is 55.1 Å². The molecule has 1 N–H and O–H groups in total. The van der Waals surface area contributed by atoms with Crippen molar-refractivity contribution in [1.82, 2.24) is 0 Å². The Labute approximate surface area is 125 Å². The van der Waals surface area contributed by atoms with Gasteiger partial charge in [-0.3, -0.25) is 0 Å². The van der Waals surface area contributed by atoms with Gasteiger partial charge in [-0.2, -0.15) is 0 Å². The van der Waals surface area contributed by atoms with Crippen molar-refractivity contribution >= 4 is 5.69 Å². The number of hydrogen-bond acceptors (Lipinski definition) is 3. The van der Waals surface area contributed by atoms with Gasteiger partial charge in [-0.1, -0.05) is 30.9 Å². The van der Waals surface area contributed by atoms with Crippen LogP contribution in [0.1, 0.15) is 11.1 Å². The maximum atomic E-state index is 5.67. The zero-order valence-electron chi connectivity index (χ0n) is 12.0. The molecule has 3 heteroatoms. The number of hydrogen-bond donors (Lipinski definition) is 1. The van der Waals surface area contributed by atoms with Gasteiger partial charge < -0.3 is 14.8 Å². The van der Waals surface area contributed by atoms with Crippen molar-refractivity contribution in [2.45, 2.75) is 13.0 Å². The Bertz CT molecular complexity index is 637. The zero-order valence-corrected chi connectivity index (χ0v) is 12.0. The van der Waals surface area contributed by atoms with Crippen molar-refractivity contribution in [3.63, 3.8) is 0 Å². The second-order valence-corrected chi connectivity index (χ2v) is 4.98. The molecule has 0 radical (unpaired) electrons. The van der Waals surface area contributed by atoms with Gasteiger partial charge in [0, 0.05) is 24.2 Å². The van der Waals surface area contributed by atoms with Gasteiger partial charge in [-0.15, -0.1) is 0 Å². The molecule has 1 aliphatic rings. The van der Waals surface area contributed by atoms with Crippen molar-refractivity contribution < 1.29 is 9.47 Å². The first-order valence-corrected chi connectivity index (χ1v) is 7.18. The number of para-hydroxylation sites is 1. The van der Waals surface area contributed by atoms with E-state index in [1.54, 1.807) is 6.08 Å². The largest absolute Gasteiger partial charge is 0.493 e. The fourth-order valence-corrected chi connectivity index (χ4v) is 2.43. The summed E-state index contributed by atoms with van der Waals surface area (Å²) < 4.78 is 11.2. The SMILES string of the molecule is C=CCOc1ccccc1CNc1ccc2c(c1)CCO2. The monoisotopic (exact) mass is 281 g/mol. The summed E-state index contributed by atoms with van der Waals surface area (Å²) in [7, 11) is 0. The highest BCUT2D eigenvalue weighted by Gasteiger charge is 2.12. The minimum absolute atomic E-state index is 0.521. The Morgan fingerprint density at radius 3 is 3.05 bits per heavy atom. The van der Waals surface area contributed by atoms with Crippen LogP contribution in [-0.2, 0) is 13.0 Å². The van der Waals surface area contributed by atoms with Crippen LogP contribution >= 0.6 is 0 Å². The maximum Gasteiger partial charge on any atom is 0.124 e. The Hall–Kier alpha value is -2.42. The Balaban J connectivity index is 1.68. The number of anilines is 1. The molecule has 3 nitrogen and oxygen atoms in total. The van der Waals surface area contributed by atoms with E-state index < -0.39 is 0 Å². The molecule has 0 saturated carbocycles. The van der Waals surface area contributed by atoms with Crippen LogP contribution in [0.2, 0.25) is 0 Å². The molecule has 0 spiro atoms. The quantitative estimate of drug-likeness (QED) is 0.817. The van der Waals surface area contributed by atoms with Crippen molar-refractivity contribution in [2.75, 3.05) is 18.5 Å². The summed E-state index contributed by atoms with van der Waals surface area (Å²) in [4.78, 5) is 0. The van der Waals surface area contributed by atoms with Gasteiger partial charge in [0.15, 0.2) is 0 Å². The molecule has 0 amide bonds. The number of ether oxygens (including phenoxy) is 2. The van der Waals surface area contributed by atoms with Gasteiger partial charge in [0.1, 0.15) is 18.1 Å². The van der Waals surface area contributed by atoms with Crippen molar-refractivity contribution in [2.24, 2.45) is 0 Å². The molecule has 108 valence electrons. The van der Waals surface area contributed by atoms with Gasteiger partial charge in [-0.25, -0.2) is 0 Å². The summed E-state index contributed by atoms with van der Waals surface area (Å²) in [6.45, 7) is 5.72. The lowest BCUT2D eigenvalue weighted by atomic mass is 10.1. The average molecular weight is 281 g/mol. The second kappa shape index (κ2) is 6.35. The van der Waals surface area contributed by atoms with Crippen LogP contribution in [0.4, 0.5) is 5.69 Å². The lowest BCUT2D eigenvalue weighted by Gasteiger charge is -2.12. The summed E-state index contributed by atoms with van der Waals surface area (Å²) in [5, 5.41) is 3.45. The molecule has 0 saturated heterocycles. The smallest absolute Gasteiger partial charge is 0.124 e. The minimum Gasteiger partial charge on any atom is -0.493 e. The van der Waals surface area contributed by atoms with E-state index in [1.807, 2.05) is 24.3 Å². The predicted molar refractivity (Wildman–Crippen MR) is 85.1 cm³/mol. The molecule has 1 aliphatic heterocycles. The molecule has 0 aromatic heterocycles. The third-order valence-corrected chi connectivity index (χ3v) is 3.50. The van der Waals surface area contributed by atoms with Crippen LogP contribution in [0.25, 0.3) is 0 Å². The lowest BCUT2D eigenvalue weighted by Crippen LogP contribution is -2.03. The zero-order chi connectivity index (χ0) is 14.5. The number of nitrogens with one attached hydrogen (secondary N) is 1. The molecule has 21 heavy (non-hydrogen) atoms. The van der Waals surface area contributed by atoms with Crippen molar-refractivity contribution in [3.05, 3.63) is 66.2 Å². The van der Waals surface area contributed by atoms with Gasteiger partial charge in [0.25, 0.3) is 0 Å². The fourth-order valence-electron chi connectivity index (χ4n) is 2.43. The van der Waals surface area contributed by atoms with E-state index in [0.717, 1.165) is 42.3 Å². The normalized spacial score (nSPS) is 12.4. The van der Waals surface area contributed by atoms with Gasteiger partial charge >= 0.3 is 0 Å². The molecule has 0 bridgehead atoms. The van der Waals surface area contributed by atoms with E-state index in [9.17, 15) is 0 Å². The first kappa shape index (κ1) is 13.6. The first-order valence-electron chi connectivity index (χ1n) is 7.18. The number of fused-ring (bicyclic) bond motifs is 1. The summed E-state index contributed by atoms with van der Waals surface area (Å²) >= 11 is 0. The molecule has 0 aliphatic carbocycles. The van der Waals surface area contributed by atoms with E-state index >= 15 is 0 Å². The highest BCUT2D eigenvalue weighted by atomic mass is 16.5. The average Bonchev–Trinajstić information content (AvgIpc) is 2.99. The maximum absolute atomic E-state index is 5.67. The molecule has 2 aromatic rings. The van der Waals surface area contributed by atoms with E-state index in [2.05, 4.69) is 30.1 Å². The molecule has 0 unspecified atom stereocenters. The van der Waals surface area contributed by atoms with E-state index in [0.29, 0.717) is 6.61 Å². The standard InChI is InChI=1S/C18H19NO2/c1-2-10-20-17-6-4-3-5-15(17)13-19-16-7-8-18-14(12-16)9-11-21-18/h2-8,12,19H,1,9-11,13H2. The molecule has 0 fully saturated rings. The van der Waals surface area contributed by atoms with E-state index in [4.69, 9.17) is 9.47 Å². The lowest BCUT2D eigenvalue weighted by molar-refractivity contribution is 0.357. The molecule has 3 rings (SSSR count). The van der Waals surface area contributed by atoms with Crippen LogP contribution in [0, 0.1) is 0 Å². The molecular weight excluding hydrogens is 262 g/mol. The summed E-state index contributed by atoms with van der Waals surface area (Å²) in [5.74, 6) is 1.91. The highest BCUT2D eigenvalue weighted by molar-refractivity contribution is 5.53. The van der Waals surface area contributed by atoms with Crippen molar-refractivity contribution in [1.29, 1.82) is 0 Å². The molecule has 2 aromatic carbocycles. The Morgan fingerprint density at radius 1 is 1.24 bits per heavy atom. The van der Waals surface area contributed by atoms with Gasteiger partial charge in [0.05, 0.1) is 6.61 Å². The summed E-state index contributed by atoms with van der Waals surface area (Å²) in [6.07, 6.45) is 2.74. The van der Waals surface area contributed by atoms with Gasteiger partial charge in [0.2, 0.25) is 0 Å². The van der Waals surface area contributed by atoms with Crippen LogP contribution < -0.4 is 14.8 Å². The third-order valence-electron chi connectivity index (χ3n) is 3.50. The van der Waals surface area contributed by atoms with Gasteiger partial charge in [-0.05, 0) is 29.8 Å². The predicted octanol–water partition coefficient (Wildman–Crippen LogP) is 3.80. The van der Waals surface area contributed by atoms with E-state index in [-0.39, 0.29) is 0 Å². The van der Waals surface area contributed by atoms with Crippen LogP contribution in [-0.4, -0.2) is 13.2 Å². The highest BCUT2D eigenvalue weighted by Crippen LogP contribution is 2.28. The fraction of sp³-hybridized carbons (Fsp3) is 0.222. The number of benzene rings is 2. The second-order valence-electron chi connectivity index (χ2n) is 4.98. The molecule has 1 heterocycles. The van der Waals surface area contributed by atoms with Crippen LogP contribution in [0.5, 0.6) is 11.5 Å². The molecular formula is C18H19NO2. The first-order chi connectivity index (χ1) is 10.4. The third kappa shape index (κ3) is 3.19. The summed E-state index contributed by atoms with van der Waals surface area (Å²) in [6, 6.07) is 14.3.